The summed E-state index contributed by atoms with van der Waals surface area (Å²) in [6.07, 6.45) is 0.629. The van der Waals surface area contributed by atoms with Gasteiger partial charge in [-0.1, -0.05) is 6.07 Å². The first-order valence-corrected chi connectivity index (χ1v) is 16.4. The van der Waals surface area contributed by atoms with Gasteiger partial charge in [-0.15, -0.1) is 0 Å². The zero-order valence-electron chi connectivity index (χ0n) is 23.4. The standard InChI is InChI=1S/C29H33N3O8S2/c1-21-5-14-26-27(19-21)40-28(20-32(26)42(36,37)25-10-6-22(38-2)7-11-25)29(33)30-15-18-39-23-8-12-24(13-9-23)41(34,35)31-16-3-4-17-31/h5-14,19,28H,3-4,15-18,20H2,1-2H3,(H,30,33)/t28-/m1/s1. The van der Waals surface area contributed by atoms with Crippen LogP contribution in [0.4, 0.5) is 5.69 Å². The van der Waals surface area contributed by atoms with Gasteiger partial charge in [-0.25, -0.2) is 16.8 Å². The Morgan fingerprint density at radius 2 is 1.52 bits per heavy atom. The number of rotatable bonds is 10. The Bertz CT molecular complexity index is 1640. The van der Waals surface area contributed by atoms with E-state index in [0.717, 1.165) is 18.4 Å². The summed E-state index contributed by atoms with van der Waals surface area (Å²) >= 11 is 0. The largest absolute Gasteiger partial charge is 0.497 e. The van der Waals surface area contributed by atoms with Crippen LogP contribution in [0, 0.1) is 6.92 Å². The van der Waals surface area contributed by atoms with E-state index in [1.165, 1.54) is 40.0 Å². The number of hydrogen-bond acceptors (Lipinski definition) is 8. The van der Waals surface area contributed by atoms with Crippen molar-refractivity contribution in [2.45, 2.75) is 35.7 Å². The number of carbonyl (C=O) groups is 1. The third kappa shape index (κ3) is 6.18. The average molecular weight is 616 g/mol. The third-order valence-electron chi connectivity index (χ3n) is 7.12. The molecule has 0 aromatic heterocycles. The molecule has 0 bridgehead atoms. The maximum absolute atomic E-state index is 13.6. The van der Waals surface area contributed by atoms with Gasteiger partial charge in [0.2, 0.25) is 10.0 Å². The number of ether oxygens (including phenoxy) is 3. The number of carbonyl (C=O) groups excluding carboxylic acids is 1. The first-order chi connectivity index (χ1) is 20.1. The predicted molar refractivity (Wildman–Crippen MR) is 156 cm³/mol. The molecule has 224 valence electrons. The summed E-state index contributed by atoms with van der Waals surface area (Å²) in [7, 11) is -6.03. The van der Waals surface area contributed by atoms with Gasteiger partial charge in [-0.2, -0.15) is 4.31 Å². The number of sulfonamides is 2. The van der Waals surface area contributed by atoms with Crippen LogP contribution in [0.5, 0.6) is 17.2 Å². The Morgan fingerprint density at radius 3 is 2.17 bits per heavy atom. The van der Waals surface area contributed by atoms with Gasteiger partial charge in [-0.3, -0.25) is 9.10 Å². The minimum Gasteiger partial charge on any atom is -0.497 e. The molecule has 1 N–H and O–H groups in total. The van der Waals surface area contributed by atoms with Gasteiger partial charge in [0.15, 0.2) is 6.10 Å². The second-order valence-corrected chi connectivity index (χ2v) is 13.8. The van der Waals surface area contributed by atoms with Crippen molar-refractivity contribution in [2.24, 2.45) is 0 Å². The number of hydrogen-bond donors (Lipinski definition) is 1. The first-order valence-electron chi connectivity index (χ1n) is 13.5. The summed E-state index contributed by atoms with van der Waals surface area (Å²) in [5.74, 6) is 0.778. The molecule has 1 atom stereocenters. The molecule has 3 aromatic carbocycles. The summed E-state index contributed by atoms with van der Waals surface area (Å²) < 4.78 is 72.1. The molecular formula is C29H33N3O8S2. The zero-order valence-corrected chi connectivity index (χ0v) is 25.0. The molecule has 2 heterocycles. The topological polar surface area (TPSA) is 132 Å². The lowest BCUT2D eigenvalue weighted by atomic mass is 10.1. The molecule has 3 aromatic rings. The SMILES string of the molecule is COc1ccc(S(=O)(=O)N2C[C@H](C(=O)NCCOc3ccc(S(=O)(=O)N4CCCC4)cc3)Oc3cc(C)ccc32)cc1. The monoisotopic (exact) mass is 615 g/mol. The Hall–Kier alpha value is -3.81. The van der Waals surface area contributed by atoms with Crippen molar-refractivity contribution < 1.29 is 35.8 Å². The fourth-order valence-corrected chi connectivity index (χ4v) is 7.84. The molecular weight excluding hydrogens is 582 g/mol. The molecule has 1 amide bonds. The maximum Gasteiger partial charge on any atom is 0.264 e. The number of benzene rings is 3. The number of aryl methyl sites for hydroxylation is 1. The highest BCUT2D eigenvalue weighted by molar-refractivity contribution is 7.92. The molecule has 0 radical (unpaired) electrons. The fourth-order valence-electron chi connectivity index (χ4n) is 4.84. The molecule has 13 heteroatoms. The fraction of sp³-hybridized carbons (Fsp3) is 0.345. The van der Waals surface area contributed by atoms with Gasteiger partial charge in [0.1, 0.15) is 23.9 Å². The quantitative estimate of drug-likeness (QED) is 0.345. The van der Waals surface area contributed by atoms with E-state index in [1.807, 2.05) is 6.92 Å². The van der Waals surface area contributed by atoms with Gasteiger partial charge in [-0.05, 0) is 86.0 Å². The average Bonchev–Trinajstić information content (AvgIpc) is 3.55. The van der Waals surface area contributed by atoms with Crippen molar-refractivity contribution in [3.63, 3.8) is 0 Å². The second kappa shape index (κ2) is 12.2. The van der Waals surface area contributed by atoms with Crippen LogP contribution < -0.4 is 23.8 Å². The molecule has 2 aliphatic heterocycles. The van der Waals surface area contributed by atoms with Crippen LogP contribution in [0.2, 0.25) is 0 Å². The third-order valence-corrected chi connectivity index (χ3v) is 10.8. The van der Waals surface area contributed by atoms with E-state index in [9.17, 15) is 21.6 Å². The lowest BCUT2D eigenvalue weighted by Crippen LogP contribution is -2.51. The van der Waals surface area contributed by atoms with Crippen molar-refractivity contribution in [3.05, 3.63) is 72.3 Å². The molecule has 0 saturated carbocycles. The summed E-state index contributed by atoms with van der Waals surface area (Å²) in [6.45, 7) is 2.92. The maximum atomic E-state index is 13.6. The Kier molecular flexibility index (Phi) is 8.62. The van der Waals surface area contributed by atoms with E-state index >= 15 is 0 Å². The predicted octanol–water partition coefficient (Wildman–Crippen LogP) is 2.94. The highest BCUT2D eigenvalue weighted by atomic mass is 32.2. The van der Waals surface area contributed by atoms with E-state index < -0.39 is 32.1 Å². The van der Waals surface area contributed by atoms with Crippen molar-refractivity contribution in [3.8, 4) is 17.2 Å². The van der Waals surface area contributed by atoms with Crippen LogP contribution in [0.3, 0.4) is 0 Å². The van der Waals surface area contributed by atoms with Crippen LogP contribution in [0.25, 0.3) is 0 Å². The molecule has 1 saturated heterocycles. The molecule has 2 aliphatic rings. The minimum atomic E-state index is -4.01. The number of anilines is 1. The van der Waals surface area contributed by atoms with Gasteiger partial charge in [0.25, 0.3) is 15.9 Å². The first kappa shape index (κ1) is 29.7. The molecule has 0 unspecified atom stereocenters. The van der Waals surface area contributed by atoms with Crippen molar-refractivity contribution in [1.29, 1.82) is 0 Å². The van der Waals surface area contributed by atoms with Gasteiger partial charge in [0.05, 0.1) is 35.7 Å². The lowest BCUT2D eigenvalue weighted by molar-refractivity contribution is -0.127. The summed E-state index contributed by atoms with van der Waals surface area (Å²) in [5.41, 5.74) is 1.20. The van der Waals surface area contributed by atoms with Crippen LogP contribution in [0.15, 0.2) is 76.5 Å². The highest BCUT2D eigenvalue weighted by Crippen LogP contribution is 2.38. The smallest absolute Gasteiger partial charge is 0.264 e. The minimum absolute atomic E-state index is 0.0588. The van der Waals surface area contributed by atoms with Crippen LogP contribution in [-0.2, 0) is 24.8 Å². The van der Waals surface area contributed by atoms with E-state index in [4.69, 9.17) is 14.2 Å². The van der Waals surface area contributed by atoms with E-state index in [1.54, 1.807) is 42.5 Å². The Morgan fingerprint density at radius 1 is 0.905 bits per heavy atom. The lowest BCUT2D eigenvalue weighted by Gasteiger charge is -2.35. The number of fused-ring (bicyclic) bond motifs is 1. The van der Waals surface area contributed by atoms with Crippen LogP contribution in [-0.4, -0.2) is 73.0 Å². The zero-order chi connectivity index (χ0) is 29.9. The van der Waals surface area contributed by atoms with Crippen LogP contribution in [0.1, 0.15) is 18.4 Å². The number of nitrogens with one attached hydrogen (secondary N) is 1. The van der Waals surface area contributed by atoms with E-state index in [-0.39, 0.29) is 29.5 Å². The van der Waals surface area contributed by atoms with Crippen molar-refractivity contribution in [2.75, 3.05) is 44.2 Å². The highest BCUT2D eigenvalue weighted by Gasteiger charge is 2.37. The van der Waals surface area contributed by atoms with Crippen molar-refractivity contribution in [1.82, 2.24) is 9.62 Å². The van der Waals surface area contributed by atoms with Gasteiger partial charge >= 0.3 is 0 Å². The van der Waals surface area contributed by atoms with Gasteiger partial charge < -0.3 is 19.5 Å². The molecule has 42 heavy (non-hydrogen) atoms. The molecule has 0 spiro atoms. The number of nitrogens with zero attached hydrogens (tertiary/aromatic N) is 2. The Balaban J connectivity index is 1.21. The van der Waals surface area contributed by atoms with Crippen molar-refractivity contribution >= 4 is 31.6 Å². The second-order valence-electron chi connectivity index (χ2n) is 10.0. The summed E-state index contributed by atoms with van der Waals surface area (Å²) in [4.78, 5) is 13.3. The number of amides is 1. The summed E-state index contributed by atoms with van der Waals surface area (Å²) in [5, 5.41) is 2.74. The molecule has 5 rings (SSSR count). The van der Waals surface area contributed by atoms with Gasteiger partial charge in [0, 0.05) is 13.1 Å². The summed E-state index contributed by atoms with van der Waals surface area (Å²) in [6, 6.07) is 17.4. The van der Waals surface area contributed by atoms with Crippen LogP contribution >= 0.6 is 0 Å². The Labute approximate surface area is 246 Å². The molecule has 11 nitrogen and oxygen atoms in total. The van der Waals surface area contributed by atoms with E-state index in [2.05, 4.69) is 5.32 Å². The molecule has 1 fully saturated rings. The molecule has 0 aliphatic carbocycles. The number of methoxy groups -OCH3 is 1. The van der Waals surface area contributed by atoms with E-state index in [0.29, 0.717) is 36.0 Å². The normalized spacial score (nSPS) is 17.3.